The van der Waals surface area contributed by atoms with Crippen LogP contribution in [-0.2, 0) is 0 Å². The lowest BCUT2D eigenvalue weighted by atomic mass is 10.4. The first kappa shape index (κ1) is 7.95. The van der Waals surface area contributed by atoms with Crippen LogP contribution >= 0.6 is 0 Å². The van der Waals surface area contributed by atoms with Gasteiger partial charge < -0.3 is 5.73 Å². The molecule has 2 N–H and O–H groups in total. The fourth-order valence-electron chi connectivity index (χ4n) is 0.316. The smallest absolute Gasteiger partial charge is 0.0968 e. The number of allylic oxidation sites excluding steroid dienone is 5. The van der Waals surface area contributed by atoms with Gasteiger partial charge in [0.1, 0.15) is 0 Å². The lowest BCUT2D eigenvalue weighted by molar-refractivity contribution is 0.640. The van der Waals surface area contributed by atoms with E-state index in [-0.39, 0.29) is 5.83 Å². The minimum atomic E-state index is -0.211. The molecule has 0 spiro atoms. The molecule has 0 bridgehead atoms. The zero-order valence-corrected chi connectivity index (χ0v) is 5.34. The first-order chi connectivity index (χ1) is 4.27. The van der Waals surface area contributed by atoms with Gasteiger partial charge in [-0.15, -0.1) is 0 Å². The van der Waals surface area contributed by atoms with Crippen molar-refractivity contribution in [3.8, 4) is 0 Å². The Kier molecular flexibility index (Phi) is 4.50. The fourth-order valence-corrected chi connectivity index (χ4v) is 0.316. The molecule has 0 aromatic rings. The first-order valence-electron chi connectivity index (χ1n) is 2.64. The minimum Gasteiger partial charge on any atom is -0.405 e. The van der Waals surface area contributed by atoms with Crippen LogP contribution in [0.2, 0.25) is 0 Å². The van der Waals surface area contributed by atoms with Gasteiger partial charge in [0.05, 0.1) is 5.83 Å². The molecule has 1 nitrogen and oxygen atoms in total. The second-order valence-corrected chi connectivity index (χ2v) is 1.52. The summed E-state index contributed by atoms with van der Waals surface area (Å²) >= 11 is 0. The monoisotopic (exact) mass is 127 g/mol. The number of rotatable bonds is 2. The van der Waals surface area contributed by atoms with Crippen molar-refractivity contribution in [1.29, 1.82) is 0 Å². The first-order valence-corrected chi connectivity index (χ1v) is 2.64. The van der Waals surface area contributed by atoms with Crippen LogP contribution < -0.4 is 5.73 Å². The molecule has 0 atom stereocenters. The maximum Gasteiger partial charge on any atom is 0.0968 e. The zero-order valence-electron chi connectivity index (χ0n) is 5.34. The average Bonchev–Trinajstić information content (AvgIpc) is 1.80. The fraction of sp³-hybridized carbons (Fsp3) is 0.143. The van der Waals surface area contributed by atoms with Crippen molar-refractivity contribution in [2.24, 2.45) is 5.73 Å². The average molecular weight is 127 g/mol. The van der Waals surface area contributed by atoms with E-state index in [4.69, 9.17) is 5.73 Å². The van der Waals surface area contributed by atoms with Crippen molar-refractivity contribution in [2.75, 3.05) is 0 Å². The Bertz CT molecular complexity index is 141. The van der Waals surface area contributed by atoms with Gasteiger partial charge >= 0.3 is 0 Å². The van der Waals surface area contributed by atoms with Gasteiger partial charge in [-0.05, 0) is 25.3 Å². The van der Waals surface area contributed by atoms with Gasteiger partial charge in [-0.1, -0.05) is 12.2 Å². The molecule has 0 saturated carbocycles. The van der Waals surface area contributed by atoms with Gasteiger partial charge in [-0.2, -0.15) is 0 Å². The largest absolute Gasteiger partial charge is 0.405 e. The van der Waals surface area contributed by atoms with Gasteiger partial charge in [0.15, 0.2) is 0 Å². The highest BCUT2D eigenvalue weighted by Crippen LogP contribution is 1.91. The summed E-state index contributed by atoms with van der Waals surface area (Å²) in [4.78, 5) is 0. The Morgan fingerprint density at radius 3 is 2.44 bits per heavy atom. The van der Waals surface area contributed by atoms with Crippen LogP contribution in [0.1, 0.15) is 6.92 Å². The van der Waals surface area contributed by atoms with Crippen LogP contribution in [0, 0.1) is 0 Å². The molecule has 0 aromatic carbocycles. The molecule has 0 aromatic heterocycles. The molecule has 0 saturated heterocycles. The van der Waals surface area contributed by atoms with Crippen molar-refractivity contribution in [3.05, 3.63) is 36.3 Å². The maximum atomic E-state index is 11.9. The second-order valence-electron chi connectivity index (χ2n) is 1.52. The molecule has 0 radical (unpaired) electrons. The van der Waals surface area contributed by atoms with Crippen molar-refractivity contribution in [3.63, 3.8) is 0 Å². The van der Waals surface area contributed by atoms with Gasteiger partial charge in [0.25, 0.3) is 0 Å². The van der Waals surface area contributed by atoms with E-state index in [0.717, 1.165) is 0 Å². The van der Waals surface area contributed by atoms with Crippen LogP contribution in [0.5, 0.6) is 0 Å². The van der Waals surface area contributed by atoms with Crippen LogP contribution in [0.3, 0.4) is 0 Å². The summed E-state index contributed by atoms with van der Waals surface area (Å²) in [6.45, 7) is 1.39. The third kappa shape index (κ3) is 6.95. The molecule has 0 aliphatic rings. The van der Waals surface area contributed by atoms with E-state index in [1.807, 2.05) is 0 Å². The third-order valence-corrected chi connectivity index (χ3v) is 0.659. The van der Waals surface area contributed by atoms with Gasteiger partial charge in [0.2, 0.25) is 0 Å². The Hall–Kier alpha value is -1.05. The predicted octanol–water partition coefficient (Wildman–Crippen LogP) is 1.89. The highest BCUT2D eigenvalue weighted by Gasteiger charge is 1.72. The van der Waals surface area contributed by atoms with E-state index in [2.05, 4.69) is 0 Å². The van der Waals surface area contributed by atoms with E-state index in [1.165, 1.54) is 19.2 Å². The van der Waals surface area contributed by atoms with E-state index >= 15 is 0 Å². The van der Waals surface area contributed by atoms with Gasteiger partial charge in [-0.25, -0.2) is 4.39 Å². The molecule has 0 unspecified atom stereocenters. The lowest BCUT2D eigenvalue weighted by Crippen LogP contribution is -1.71. The Balaban J connectivity index is 3.60. The molecular weight excluding hydrogens is 117 g/mol. The molecule has 0 amide bonds. The molecule has 0 aliphatic carbocycles. The van der Waals surface area contributed by atoms with E-state index in [9.17, 15) is 4.39 Å². The van der Waals surface area contributed by atoms with Crippen molar-refractivity contribution >= 4 is 0 Å². The highest BCUT2D eigenvalue weighted by atomic mass is 19.1. The van der Waals surface area contributed by atoms with Crippen LogP contribution in [0.25, 0.3) is 0 Å². The topological polar surface area (TPSA) is 26.0 Å². The van der Waals surface area contributed by atoms with Crippen molar-refractivity contribution < 1.29 is 4.39 Å². The molecule has 0 rings (SSSR count). The Morgan fingerprint density at radius 1 is 1.33 bits per heavy atom. The highest BCUT2D eigenvalue weighted by molar-refractivity contribution is 5.11. The van der Waals surface area contributed by atoms with Crippen molar-refractivity contribution in [1.82, 2.24) is 0 Å². The standard InChI is InChI=1S/C7H10FN/c1-7(8)5-3-2-4-6-9/h2-6H,9H2,1H3/b3-2-,6-4+,7-5+. The molecule has 9 heavy (non-hydrogen) atoms. The lowest BCUT2D eigenvalue weighted by Gasteiger charge is -1.75. The Morgan fingerprint density at radius 2 is 2.00 bits per heavy atom. The minimum absolute atomic E-state index is 0.211. The summed E-state index contributed by atoms with van der Waals surface area (Å²) < 4.78 is 11.9. The molecule has 0 aliphatic heterocycles. The van der Waals surface area contributed by atoms with E-state index < -0.39 is 0 Å². The molecule has 0 heterocycles. The quantitative estimate of drug-likeness (QED) is 0.563. The number of halogens is 1. The maximum absolute atomic E-state index is 11.9. The normalized spacial score (nSPS) is 13.8. The summed E-state index contributed by atoms with van der Waals surface area (Å²) in [5, 5.41) is 0. The summed E-state index contributed by atoms with van der Waals surface area (Å²) in [7, 11) is 0. The summed E-state index contributed by atoms with van der Waals surface area (Å²) in [6, 6.07) is 0. The van der Waals surface area contributed by atoms with Crippen LogP contribution in [-0.4, -0.2) is 0 Å². The molecule has 0 fully saturated rings. The zero-order chi connectivity index (χ0) is 7.11. The molecular formula is C7H10FN. The number of hydrogen-bond donors (Lipinski definition) is 1. The van der Waals surface area contributed by atoms with Crippen LogP contribution in [0.4, 0.5) is 4.39 Å². The van der Waals surface area contributed by atoms with E-state index in [0.29, 0.717) is 0 Å². The summed E-state index contributed by atoms with van der Waals surface area (Å²) in [5.41, 5.74) is 5.00. The number of hydrogen-bond acceptors (Lipinski definition) is 1. The SMILES string of the molecule is C\C(F)=C/C=C\C=C\N. The van der Waals surface area contributed by atoms with Gasteiger partial charge in [0, 0.05) is 0 Å². The third-order valence-electron chi connectivity index (χ3n) is 0.659. The summed E-state index contributed by atoms with van der Waals surface area (Å²) in [6.07, 6.45) is 7.61. The van der Waals surface area contributed by atoms with Gasteiger partial charge in [-0.3, -0.25) is 0 Å². The molecule has 2 heteroatoms. The summed E-state index contributed by atoms with van der Waals surface area (Å²) in [5.74, 6) is -0.211. The number of nitrogens with two attached hydrogens (primary N) is 1. The predicted molar refractivity (Wildman–Crippen MR) is 37.3 cm³/mol. The second kappa shape index (κ2) is 5.09. The van der Waals surface area contributed by atoms with Crippen LogP contribution in [0.15, 0.2) is 36.3 Å². The molecule has 50 valence electrons. The Labute approximate surface area is 54.4 Å². The van der Waals surface area contributed by atoms with E-state index in [1.54, 1.807) is 18.2 Å². The van der Waals surface area contributed by atoms with Crippen molar-refractivity contribution in [2.45, 2.75) is 6.92 Å².